The molecule has 1 atom stereocenters. The standard InChI is InChI=1S/C33H38N4O3/c1-39-31-13-11-26(12-14-31)21-33(38)37-19-17-35(18-20-37)24-32(40-25-28-9-7-27(23-34)8-10-28)29-5-4-6-30(22-29)36-15-2-3-16-36/h4-14,22,32H,2-3,15-21,24-25H2,1H3/t32-/m1/s1. The maximum atomic E-state index is 13.0. The van der Waals surface area contributed by atoms with Gasteiger partial charge < -0.3 is 19.3 Å². The normalized spacial score (nSPS) is 16.5. The molecule has 0 N–H and O–H groups in total. The Kier molecular flexibility index (Phi) is 9.33. The van der Waals surface area contributed by atoms with Crippen LogP contribution in [0.1, 0.15) is 41.2 Å². The first-order chi connectivity index (χ1) is 19.6. The van der Waals surface area contributed by atoms with E-state index >= 15 is 0 Å². The van der Waals surface area contributed by atoms with Crippen molar-refractivity contribution in [3.63, 3.8) is 0 Å². The van der Waals surface area contributed by atoms with Crippen molar-refractivity contribution in [3.05, 3.63) is 95.1 Å². The first-order valence-electron chi connectivity index (χ1n) is 14.2. The smallest absolute Gasteiger partial charge is 0.227 e. The van der Waals surface area contributed by atoms with E-state index in [1.54, 1.807) is 7.11 Å². The Bertz CT molecular complexity index is 1290. The summed E-state index contributed by atoms with van der Waals surface area (Å²) in [7, 11) is 1.65. The van der Waals surface area contributed by atoms with Gasteiger partial charge in [0.2, 0.25) is 5.91 Å². The molecule has 0 bridgehead atoms. The molecular weight excluding hydrogens is 500 g/mol. The molecule has 0 aliphatic carbocycles. The van der Waals surface area contributed by atoms with E-state index in [1.165, 1.54) is 24.1 Å². The highest BCUT2D eigenvalue weighted by Gasteiger charge is 2.25. The van der Waals surface area contributed by atoms with E-state index in [0.29, 0.717) is 31.7 Å². The fourth-order valence-electron chi connectivity index (χ4n) is 5.47. The van der Waals surface area contributed by atoms with Crippen molar-refractivity contribution in [2.75, 3.05) is 57.8 Å². The second-order valence-electron chi connectivity index (χ2n) is 10.6. The summed E-state index contributed by atoms with van der Waals surface area (Å²) in [6, 6.07) is 26.3. The zero-order valence-corrected chi connectivity index (χ0v) is 23.3. The van der Waals surface area contributed by atoms with Gasteiger partial charge >= 0.3 is 0 Å². The van der Waals surface area contributed by atoms with Gasteiger partial charge in [-0.2, -0.15) is 5.26 Å². The molecule has 2 saturated heterocycles. The first-order valence-corrected chi connectivity index (χ1v) is 14.2. The number of carbonyl (C=O) groups is 1. The average Bonchev–Trinajstić information content (AvgIpc) is 3.56. The van der Waals surface area contributed by atoms with E-state index < -0.39 is 0 Å². The van der Waals surface area contributed by atoms with E-state index in [0.717, 1.165) is 49.6 Å². The molecular formula is C33H38N4O3. The molecule has 3 aromatic carbocycles. The van der Waals surface area contributed by atoms with Crippen molar-refractivity contribution >= 4 is 11.6 Å². The Hall–Kier alpha value is -3.86. The van der Waals surface area contributed by atoms with Gasteiger partial charge in [-0.05, 0) is 65.9 Å². The van der Waals surface area contributed by atoms with Crippen LogP contribution in [0.2, 0.25) is 0 Å². The highest BCUT2D eigenvalue weighted by atomic mass is 16.5. The lowest BCUT2D eigenvalue weighted by molar-refractivity contribution is -0.132. The van der Waals surface area contributed by atoms with Gasteiger partial charge in [-0.15, -0.1) is 0 Å². The van der Waals surface area contributed by atoms with Gasteiger partial charge in [0.25, 0.3) is 0 Å². The Labute approximate surface area is 237 Å². The summed E-state index contributed by atoms with van der Waals surface area (Å²) in [6.45, 7) is 6.51. The molecule has 2 aliphatic rings. The molecule has 0 saturated carbocycles. The zero-order chi connectivity index (χ0) is 27.7. The Morgan fingerprint density at radius 3 is 2.27 bits per heavy atom. The monoisotopic (exact) mass is 538 g/mol. The van der Waals surface area contributed by atoms with Crippen molar-refractivity contribution in [2.45, 2.75) is 32.0 Å². The van der Waals surface area contributed by atoms with Crippen LogP contribution in [-0.2, 0) is 22.6 Å². The maximum Gasteiger partial charge on any atom is 0.227 e. The van der Waals surface area contributed by atoms with Crippen LogP contribution in [0.3, 0.4) is 0 Å². The molecule has 0 spiro atoms. The first kappa shape index (κ1) is 27.7. The largest absolute Gasteiger partial charge is 0.497 e. The van der Waals surface area contributed by atoms with Gasteiger partial charge in [-0.25, -0.2) is 0 Å². The van der Waals surface area contributed by atoms with Crippen LogP contribution >= 0.6 is 0 Å². The number of carbonyl (C=O) groups excluding carboxylic acids is 1. The molecule has 2 aliphatic heterocycles. The number of hydrogen-bond acceptors (Lipinski definition) is 6. The summed E-state index contributed by atoms with van der Waals surface area (Å²) in [5, 5.41) is 9.12. The van der Waals surface area contributed by atoms with Gasteiger partial charge in [-0.1, -0.05) is 36.4 Å². The minimum atomic E-state index is -0.0975. The predicted octanol–water partition coefficient (Wildman–Crippen LogP) is 4.81. The third kappa shape index (κ3) is 7.20. The lowest BCUT2D eigenvalue weighted by Gasteiger charge is -2.36. The lowest BCUT2D eigenvalue weighted by atomic mass is 10.1. The van der Waals surface area contributed by atoms with E-state index in [9.17, 15) is 4.79 Å². The summed E-state index contributed by atoms with van der Waals surface area (Å²) < 4.78 is 11.8. The summed E-state index contributed by atoms with van der Waals surface area (Å²) in [4.78, 5) is 19.8. The molecule has 3 aromatic rings. The number of nitriles is 1. The molecule has 0 aromatic heterocycles. The molecule has 2 fully saturated rings. The number of ether oxygens (including phenoxy) is 2. The summed E-state index contributed by atoms with van der Waals surface area (Å²) in [5.74, 6) is 0.962. The van der Waals surface area contributed by atoms with E-state index in [-0.39, 0.29) is 12.0 Å². The SMILES string of the molecule is COc1ccc(CC(=O)N2CCN(C[C@@H](OCc3ccc(C#N)cc3)c3cccc(N4CCCC4)c3)CC2)cc1. The number of anilines is 1. The van der Waals surface area contributed by atoms with Crippen LogP contribution in [0.25, 0.3) is 0 Å². The van der Waals surface area contributed by atoms with Crippen LogP contribution in [-0.4, -0.2) is 68.6 Å². The van der Waals surface area contributed by atoms with E-state index in [2.05, 4.69) is 40.1 Å². The van der Waals surface area contributed by atoms with Crippen molar-refractivity contribution in [2.24, 2.45) is 0 Å². The van der Waals surface area contributed by atoms with Crippen LogP contribution in [0.15, 0.2) is 72.8 Å². The zero-order valence-electron chi connectivity index (χ0n) is 23.3. The minimum Gasteiger partial charge on any atom is -0.497 e. The minimum absolute atomic E-state index is 0.0975. The van der Waals surface area contributed by atoms with Crippen molar-refractivity contribution < 1.29 is 14.3 Å². The topological polar surface area (TPSA) is 69.0 Å². The van der Waals surface area contributed by atoms with Gasteiger partial charge in [0, 0.05) is 51.5 Å². The number of benzene rings is 3. The van der Waals surface area contributed by atoms with Crippen LogP contribution < -0.4 is 9.64 Å². The van der Waals surface area contributed by atoms with Crippen molar-refractivity contribution in [1.29, 1.82) is 5.26 Å². The number of amides is 1. The molecule has 0 unspecified atom stereocenters. The number of rotatable bonds is 10. The summed E-state index contributed by atoms with van der Waals surface area (Å²) in [6.07, 6.45) is 2.79. The quantitative estimate of drug-likeness (QED) is 0.369. The van der Waals surface area contributed by atoms with Gasteiger partial charge in [0.1, 0.15) is 5.75 Å². The second-order valence-corrected chi connectivity index (χ2v) is 10.6. The third-order valence-corrected chi connectivity index (χ3v) is 7.91. The predicted molar refractivity (Wildman–Crippen MR) is 156 cm³/mol. The Balaban J connectivity index is 1.22. The molecule has 5 rings (SSSR count). The van der Waals surface area contributed by atoms with Gasteiger partial charge in [0.15, 0.2) is 0 Å². The van der Waals surface area contributed by atoms with Crippen LogP contribution in [0.5, 0.6) is 5.75 Å². The van der Waals surface area contributed by atoms with Gasteiger partial charge in [0.05, 0.1) is 37.9 Å². The maximum absolute atomic E-state index is 13.0. The molecule has 208 valence electrons. The average molecular weight is 539 g/mol. The summed E-state index contributed by atoms with van der Waals surface area (Å²) >= 11 is 0. The second kappa shape index (κ2) is 13.5. The van der Waals surface area contributed by atoms with E-state index in [1.807, 2.05) is 53.4 Å². The molecule has 0 radical (unpaired) electrons. The number of hydrogen-bond donors (Lipinski definition) is 0. The van der Waals surface area contributed by atoms with E-state index in [4.69, 9.17) is 14.7 Å². The fraction of sp³-hybridized carbons (Fsp3) is 0.394. The lowest BCUT2D eigenvalue weighted by Crippen LogP contribution is -2.50. The van der Waals surface area contributed by atoms with Crippen molar-refractivity contribution in [3.8, 4) is 11.8 Å². The molecule has 7 nitrogen and oxygen atoms in total. The highest BCUT2D eigenvalue weighted by molar-refractivity contribution is 5.79. The Morgan fingerprint density at radius 2 is 1.60 bits per heavy atom. The number of nitrogens with zero attached hydrogens (tertiary/aromatic N) is 4. The number of piperazine rings is 1. The molecule has 2 heterocycles. The summed E-state index contributed by atoms with van der Waals surface area (Å²) in [5.41, 5.74) is 5.14. The highest BCUT2D eigenvalue weighted by Crippen LogP contribution is 2.28. The fourth-order valence-corrected chi connectivity index (χ4v) is 5.47. The van der Waals surface area contributed by atoms with Crippen LogP contribution in [0.4, 0.5) is 5.69 Å². The molecule has 1 amide bonds. The van der Waals surface area contributed by atoms with Crippen molar-refractivity contribution in [1.82, 2.24) is 9.80 Å². The van der Waals surface area contributed by atoms with Crippen LogP contribution in [0, 0.1) is 11.3 Å². The van der Waals surface area contributed by atoms with Gasteiger partial charge in [-0.3, -0.25) is 9.69 Å². The molecule has 7 heteroatoms. The molecule has 40 heavy (non-hydrogen) atoms. The third-order valence-electron chi connectivity index (χ3n) is 7.91. The number of methoxy groups -OCH3 is 1. The Morgan fingerprint density at radius 1 is 0.900 bits per heavy atom.